The first kappa shape index (κ1) is 21.3. The highest BCUT2D eigenvalue weighted by Gasteiger charge is 2.50. The highest BCUT2D eigenvalue weighted by molar-refractivity contribution is 6.01. The van der Waals surface area contributed by atoms with E-state index in [0.717, 1.165) is 0 Å². The summed E-state index contributed by atoms with van der Waals surface area (Å²) in [5, 5.41) is 11.1. The molecule has 3 aliphatic heterocycles. The van der Waals surface area contributed by atoms with E-state index in [9.17, 15) is 24.4 Å². The van der Waals surface area contributed by atoms with Crippen LogP contribution >= 0.6 is 0 Å². The Hall–Kier alpha value is -2.40. The maximum absolute atomic E-state index is 13.1. The molecule has 11 nitrogen and oxygen atoms in total. The molecule has 0 aromatic carbocycles. The highest BCUT2D eigenvalue weighted by atomic mass is 16.7. The van der Waals surface area contributed by atoms with Gasteiger partial charge in [-0.05, 0) is 46.5 Å². The van der Waals surface area contributed by atoms with Gasteiger partial charge in [0, 0.05) is 13.1 Å². The molecular weight excluding hydrogens is 384 g/mol. The Morgan fingerprint density at radius 2 is 1.76 bits per heavy atom. The summed E-state index contributed by atoms with van der Waals surface area (Å²) in [6.45, 7) is 5.75. The molecule has 0 radical (unpaired) electrons. The van der Waals surface area contributed by atoms with Crippen LogP contribution in [0.25, 0.3) is 0 Å². The average molecular weight is 412 g/mol. The van der Waals surface area contributed by atoms with Crippen LogP contribution in [-0.4, -0.2) is 93.0 Å². The number of fused-ring (bicyclic) bond motifs is 2. The highest BCUT2D eigenvalue weighted by Crippen LogP contribution is 2.30. The number of carbonyl (C=O) groups excluding carboxylic acids is 4. The number of piperidine rings is 1. The molecule has 2 bridgehead atoms. The third kappa shape index (κ3) is 4.01. The van der Waals surface area contributed by atoms with E-state index in [1.165, 1.54) is 16.9 Å². The smallest absolute Gasteiger partial charge is 0.410 e. The van der Waals surface area contributed by atoms with Crippen molar-refractivity contribution in [3.63, 3.8) is 0 Å². The molecule has 3 heterocycles. The standard InChI is InChI=1S/C18H28N4O7/c1-18(2,3)29-17(26)19-9-5-6-12(19)14(23)22(28-4)15(24)13-8-7-11-10-20(13)16(25)21(11)27/h11-13,27H,5-10H2,1-4H3/t11-,12+,13+/m1/s1. The summed E-state index contributed by atoms with van der Waals surface area (Å²) < 4.78 is 5.36. The first-order valence-electron chi connectivity index (χ1n) is 9.75. The molecule has 3 atom stereocenters. The van der Waals surface area contributed by atoms with Gasteiger partial charge in [-0.15, -0.1) is 0 Å². The number of ether oxygens (including phenoxy) is 1. The molecule has 5 amide bonds. The van der Waals surface area contributed by atoms with Gasteiger partial charge in [0.25, 0.3) is 11.8 Å². The van der Waals surface area contributed by atoms with Crippen LogP contribution in [0.5, 0.6) is 0 Å². The van der Waals surface area contributed by atoms with Crippen molar-refractivity contribution in [1.82, 2.24) is 19.9 Å². The second kappa shape index (κ2) is 7.79. The number of hydrogen-bond donors (Lipinski definition) is 1. The number of nitrogens with zero attached hydrogens (tertiary/aromatic N) is 4. The zero-order valence-corrected chi connectivity index (χ0v) is 17.2. The zero-order chi connectivity index (χ0) is 21.5. The Morgan fingerprint density at radius 3 is 2.38 bits per heavy atom. The van der Waals surface area contributed by atoms with Gasteiger partial charge in [0.05, 0.1) is 13.2 Å². The summed E-state index contributed by atoms with van der Waals surface area (Å²) in [6.07, 6.45) is 1.10. The molecular formula is C18H28N4O7. The van der Waals surface area contributed by atoms with Gasteiger partial charge >= 0.3 is 12.1 Å². The number of urea groups is 1. The minimum absolute atomic E-state index is 0.213. The number of likely N-dealkylation sites (tertiary alicyclic amines) is 1. The number of amides is 5. The summed E-state index contributed by atoms with van der Waals surface area (Å²) in [6, 6.07) is -2.80. The quantitative estimate of drug-likeness (QED) is 0.416. The van der Waals surface area contributed by atoms with Gasteiger partial charge in [0.15, 0.2) is 0 Å². The Labute approximate surface area is 169 Å². The number of imide groups is 1. The molecule has 0 aromatic rings. The molecule has 1 N–H and O–H groups in total. The van der Waals surface area contributed by atoms with Gasteiger partial charge in [-0.3, -0.25) is 24.5 Å². The van der Waals surface area contributed by atoms with Crippen molar-refractivity contribution < 1.29 is 34.0 Å². The number of hydrogen-bond acceptors (Lipinski definition) is 7. The van der Waals surface area contributed by atoms with Crippen LogP contribution in [0.3, 0.4) is 0 Å². The number of hydroxylamine groups is 4. The third-order valence-electron chi connectivity index (χ3n) is 5.38. The van der Waals surface area contributed by atoms with Crippen LogP contribution < -0.4 is 0 Å². The van der Waals surface area contributed by atoms with Crippen molar-refractivity contribution in [2.45, 2.75) is 70.2 Å². The summed E-state index contributed by atoms with van der Waals surface area (Å²) in [5.41, 5.74) is -0.713. The van der Waals surface area contributed by atoms with E-state index in [1.807, 2.05) is 0 Å². The predicted octanol–water partition coefficient (Wildman–Crippen LogP) is 0.960. The summed E-state index contributed by atoms with van der Waals surface area (Å²) in [4.78, 5) is 58.3. The Morgan fingerprint density at radius 1 is 1.10 bits per heavy atom. The lowest BCUT2D eigenvalue weighted by Gasteiger charge is -2.34. The minimum atomic E-state index is -0.906. The second-order valence-corrected chi connectivity index (χ2v) is 8.51. The summed E-state index contributed by atoms with van der Waals surface area (Å²) in [7, 11) is 1.19. The Kier molecular flexibility index (Phi) is 5.72. The van der Waals surface area contributed by atoms with Gasteiger partial charge in [-0.2, -0.15) is 5.06 Å². The van der Waals surface area contributed by atoms with E-state index >= 15 is 0 Å². The van der Waals surface area contributed by atoms with Gasteiger partial charge in [-0.1, -0.05) is 0 Å². The van der Waals surface area contributed by atoms with Crippen LogP contribution in [0.15, 0.2) is 0 Å². The van der Waals surface area contributed by atoms with Crippen molar-refractivity contribution in [3.8, 4) is 0 Å². The number of rotatable bonds is 3. The fourth-order valence-corrected chi connectivity index (χ4v) is 4.03. The van der Waals surface area contributed by atoms with E-state index in [-0.39, 0.29) is 12.6 Å². The van der Waals surface area contributed by atoms with Crippen LogP contribution in [0, 0.1) is 0 Å². The van der Waals surface area contributed by atoms with E-state index in [1.54, 1.807) is 20.8 Å². The fourth-order valence-electron chi connectivity index (χ4n) is 4.03. The van der Waals surface area contributed by atoms with Crippen molar-refractivity contribution in [3.05, 3.63) is 0 Å². The summed E-state index contributed by atoms with van der Waals surface area (Å²) in [5.74, 6) is -1.36. The average Bonchev–Trinajstić information content (AvgIpc) is 3.22. The van der Waals surface area contributed by atoms with E-state index in [2.05, 4.69) is 0 Å². The van der Waals surface area contributed by atoms with Crippen molar-refractivity contribution >= 4 is 23.9 Å². The first-order valence-corrected chi connectivity index (χ1v) is 9.75. The fraction of sp³-hybridized carbons (Fsp3) is 0.778. The molecule has 0 aromatic heterocycles. The van der Waals surface area contributed by atoms with Gasteiger partial charge in [-0.25, -0.2) is 14.7 Å². The normalized spacial score (nSPS) is 26.7. The zero-order valence-electron chi connectivity index (χ0n) is 17.2. The molecule has 162 valence electrons. The van der Waals surface area contributed by atoms with Crippen LogP contribution in [0.2, 0.25) is 0 Å². The molecule has 0 unspecified atom stereocenters. The van der Waals surface area contributed by atoms with E-state index in [4.69, 9.17) is 9.57 Å². The van der Waals surface area contributed by atoms with Gasteiger partial charge in [0.1, 0.15) is 17.7 Å². The van der Waals surface area contributed by atoms with E-state index in [0.29, 0.717) is 42.4 Å². The molecule has 3 fully saturated rings. The maximum Gasteiger partial charge on any atom is 0.410 e. The second-order valence-electron chi connectivity index (χ2n) is 8.51. The van der Waals surface area contributed by atoms with Crippen LogP contribution in [0.1, 0.15) is 46.5 Å². The largest absolute Gasteiger partial charge is 0.444 e. The van der Waals surface area contributed by atoms with Crippen molar-refractivity contribution in [1.29, 1.82) is 0 Å². The lowest BCUT2D eigenvalue weighted by atomic mass is 10.00. The monoisotopic (exact) mass is 412 g/mol. The Bertz CT molecular complexity index is 707. The first-order chi connectivity index (χ1) is 13.5. The van der Waals surface area contributed by atoms with Crippen molar-refractivity contribution in [2.75, 3.05) is 20.2 Å². The van der Waals surface area contributed by atoms with Crippen molar-refractivity contribution in [2.24, 2.45) is 0 Å². The molecule has 11 heteroatoms. The predicted molar refractivity (Wildman–Crippen MR) is 97.4 cm³/mol. The SMILES string of the molecule is CON(C(=O)[C@@H]1CCCN1C(=O)OC(C)(C)C)C(=O)[C@@H]1CC[C@@H]2CN1C(=O)N2O. The molecule has 0 aliphatic carbocycles. The van der Waals surface area contributed by atoms with Gasteiger partial charge in [0.2, 0.25) is 0 Å². The van der Waals surface area contributed by atoms with Crippen LogP contribution in [-0.2, 0) is 19.2 Å². The molecule has 29 heavy (non-hydrogen) atoms. The molecule has 3 rings (SSSR count). The molecule has 0 spiro atoms. The molecule has 0 saturated carbocycles. The van der Waals surface area contributed by atoms with Crippen LogP contribution in [0.4, 0.5) is 9.59 Å². The minimum Gasteiger partial charge on any atom is -0.444 e. The molecule has 3 aliphatic rings. The van der Waals surface area contributed by atoms with E-state index < -0.39 is 41.6 Å². The van der Waals surface area contributed by atoms with Gasteiger partial charge < -0.3 is 9.64 Å². The lowest BCUT2D eigenvalue weighted by molar-refractivity contribution is -0.193. The lowest BCUT2D eigenvalue weighted by Crippen LogP contribution is -2.56. The maximum atomic E-state index is 13.1. The summed E-state index contributed by atoms with van der Waals surface area (Å²) >= 11 is 0. The topological polar surface area (TPSA) is 120 Å². The Balaban J connectivity index is 1.73. The number of carbonyl (C=O) groups is 4. The molecule has 3 saturated heterocycles. The third-order valence-corrected chi connectivity index (χ3v) is 5.38.